The number of esters is 1. The van der Waals surface area contributed by atoms with E-state index in [0.717, 1.165) is 33.1 Å². The second-order valence-corrected chi connectivity index (χ2v) is 7.06. The summed E-state index contributed by atoms with van der Waals surface area (Å²) in [4.78, 5) is 18.0. The van der Waals surface area contributed by atoms with Crippen molar-refractivity contribution >= 4 is 22.9 Å². The molecular formula is C21H20N2O2S. The van der Waals surface area contributed by atoms with E-state index in [0.29, 0.717) is 12.2 Å². The first-order valence-corrected chi connectivity index (χ1v) is 9.84. The highest BCUT2D eigenvalue weighted by atomic mass is 32.2. The Hall–Kier alpha value is -2.53. The van der Waals surface area contributed by atoms with Crippen LogP contribution in [0.15, 0.2) is 64.8 Å². The van der Waals surface area contributed by atoms with Crippen LogP contribution >= 0.6 is 11.8 Å². The highest BCUT2D eigenvalue weighted by Crippen LogP contribution is 2.55. The lowest BCUT2D eigenvalue weighted by Gasteiger charge is -2.35. The van der Waals surface area contributed by atoms with Crippen LogP contribution in [0.3, 0.4) is 0 Å². The van der Waals surface area contributed by atoms with Crippen molar-refractivity contribution < 1.29 is 9.53 Å². The lowest BCUT2D eigenvalue weighted by Crippen LogP contribution is -2.41. The van der Waals surface area contributed by atoms with Crippen LogP contribution in [0.4, 0.5) is 0 Å². The first kappa shape index (κ1) is 16.9. The third-order valence-electron chi connectivity index (χ3n) is 4.90. The van der Waals surface area contributed by atoms with E-state index in [9.17, 15) is 4.79 Å². The molecule has 132 valence electrons. The molecule has 0 radical (unpaired) electrons. The van der Waals surface area contributed by atoms with Gasteiger partial charge < -0.3 is 10.1 Å². The highest BCUT2D eigenvalue weighted by molar-refractivity contribution is 8.13. The Morgan fingerprint density at radius 1 is 1.12 bits per heavy atom. The average Bonchev–Trinajstić information content (AvgIpc) is 2.92. The molecule has 2 aliphatic rings. The third kappa shape index (κ3) is 2.23. The number of hydrogen-bond acceptors (Lipinski definition) is 5. The van der Waals surface area contributed by atoms with E-state index < -0.39 is 5.54 Å². The fourth-order valence-corrected chi connectivity index (χ4v) is 4.42. The molecule has 1 aliphatic carbocycles. The topological polar surface area (TPSA) is 50.7 Å². The van der Waals surface area contributed by atoms with Crippen LogP contribution in [-0.2, 0) is 15.1 Å². The van der Waals surface area contributed by atoms with Gasteiger partial charge in [0.25, 0.3) is 0 Å². The molecule has 1 spiro atoms. The maximum atomic E-state index is 13.0. The van der Waals surface area contributed by atoms with Gasteiger partial charge in [0.15, 0.2) is 5.17 Å². The van der Waals surface area contributed by atoms with E-state index in [1.807, 2.05) is 44.4 Å². The van der Waals surface area contributed by atoms with Gasteiger partial charge >= 0.3 is 5.97 Å². The van der Waals surface area contributed by atoms with Gasteiger partial charge in [0.05, 0.1) is 12.2 Å². The molecule has 1 N–H and O–H groups in total. The minimum absolute atomic E-state index is 0.326. The fourth-order valence-electron chi connectivity index (χ4n) is 3.93. The molecule has 2 aromatic carbocycles. The maximum absolute atomic E-state index is 13.0. The Balaban J connectivity index is 2.09. The van der Waals surface area contributed by atoms with E-state index in [2.05, 4.69) is 29.6 Å². The molecule has 0 saturated heterocycles. The lowest BCUT2D eigenvalue weighted by molar-refractivity contribution is -0.139. The van der Waals surface area contributed by atoms with Crippen molar-refractivity contribution in [2.24, 2.45) is 4.99 Å². The number of ether oxygens (including phenoxy) is 1. The molecule has 4 nitrogen and oxygen atoms in total. The Labute approximate surface area is 157 Å². The SMILES string of the molecule is CCOC(=O)C1=C(C)NC(SC)=NC12c1ccccc1-c1ccccc12. The van der Waals surface area contributed by atoms with E-state index in [4.69, 9.17) is 9.73 Å². The molecule has 5 heteroatoms. The number of carbonyl (C=O) groups is 1. The summed E-state index contributed by atoms with van der Waals surface area (Å²) >= 11 is 1.54. The number of allylic oxidation sites excluding steroid dienone is 1. The average molecular weight is 364 g/mol. The molecule has 26 heavy (non-hydrogen) atoms. The van der Waals surface area contributed by atoms with Crippen LogP contribution in [0, 0.1) is 0 Å². The fraction of sp³-hybridized carbons (Fsp3) is 0.238. The first-order valence-electron chi connectivity index (χ1n) is 8.62. The van der Waals surface area contributed by atoms with Gasteiger partial charge in [-0.25, -0.2) is 9.79 Å². The summed E-state index contributed by atoms with van der Waals surface area (Å²) in [6.07, 6.45) is 1.98. The van der Waals surface area contributed by atoms with Crippen molar-refractivity contribution in [3.63, 3.8) is 0 Å². The van der Waals surface area contributed by atoms with E-state index >= 15 is 0 Å². The largest absolute Gasteiger partial charge is 0.462 e. The minimum Gasteiger partial charge on any atom is -0.462 e. The number of nitrogens with zero attached hydrogens (tertiary/aromatic N) is 1. The zero-order valence-corrected chi connectivity index (χ0v) is 15.8. The highest BCUT2D eigenvalue weighted by Gasteiger charge is 2.51. The van der Waals surface area contributed by atoms with Crippen molar-refractivity contribution in [1.82, 2.24) is 5.32 Å². The zero-order valence-electron chi connectivity index (χ0n) is 15.0. The molecule has 1 aliphatic heterocycles. The molecule has 0 unspecified atom stereocenters. The summed E-state index contributed by atoms with van der Waals surface area (Å²) in [5.41, 5.74) is 4.76. The molecule has 4 rings (SSSR count). The number of thioether (sulfide) groups is 1. The van der Waals surface area contributed by atoms with Gasteiger partial charge in [0, 0.05) is 5.70 Å². The molecule has 0 bridgehead atoms. The van der Waals surface area contributed by atoms with Crippen molar-refractivity contribution in [3.05, 3.63) is 70.9 Å². The quantitative estimate of drug-likeness (QED) is 0.816. The summed E-state index contributed by atoms with van der Waals surface area (Å²) in [5, 5.41) is 4.05. The Morgan fingerprint density at radius 3 is 2.23 bits per heavy atom. The van der Waals surface area contributed by atoms with E-state index in [-0.39, 0.29) is 5.97 Å². The number of amidine groups is 1. The van der Waals surface area contributed by atoms with E-state index in [1.165, 1.54) is 11.8 Å². The van der Waals surface area contributed by atoms with Crippen LogP contribution in [0.25, 0.3) is 11.1 Å². The smallest absolute Gasteiger partial charge is 0.338 e. The number of benzene rings is 2. The van der Waals surface area contributed by atoms with Crippen molar-refractivity contribution in [2.45, 2.75) is 19.4 Å². The number of rotatable bonds is 2. The Bertz CT molecular complexity index is 916. The van der Waals surface area contributed by atoms with Crippen LogP contribution in [-0.4, -0.2) is 24.0 Å². The summed E-state index contributed by atoms with van der Waals surface area (Å²) in [5.74, 6) is -0.326. The summed E-state index contributed by atoms with van der Waals surface area (Å²) in [6, 6.07) is 16.4. The first-order chi connectivity index (χ1) is 12.6. The van der Waals surface area contributed by atoms with Crippen LogP contribution in [0.2, 0.25) is 0 Å². The summed E-state index contributed by atoms with van der Waals surface area (Å²) in [6.45, 7) is 4.07. The molecule has 0 aromatic heterocycles. The minimum atomic E-state index is -0.868. The molecule has 0 fully saturated rings. The van der Waals surface area contributed by atoms with Gasteiger partial charge in [0.2, 0.25) is 0 Å². The second kappa shape index (κ2) is 6.32. The van der Waals surface area contributed by atoms with Crippen molar-refractivity contribution in [3.8, 4) is 11.1 Å². The molecule has 0 atom stereocenters. The number of nitrogens with one attached hydrogen (secondary N) is 1. The number of hydrogen-bond donors (Lipinski definition) is 1. The summed E-state index contributed by atoms with van der Waals surface area (Å²) in [7, 11) is 0. The number of carbonyl (C=O) groups excluding carboxylic acids is 1. The molecule has 2 aromatic rings. The zero-order chi connectivity index (χ0) is 18.3. The van der Waals surface area contributed by atoms with Crippen LogP contribution < -0.4 is 5.32 Å². The maximum Gasteiger partial charge on any atom is 0.338 e. The van der Waals surface area contributed by atoms with Gasteiger partial charge in [0.1, 0.15) is 5.54 Å². The number of fused-ring (bicyclic) bond motifs is 5. The predicted molar refractivity (Wildman–Crippen MR) is 106 cm³/mol. The van der Waals surface area contributed by atoms with Gasteiger partial charge in [-0.15, -0.1) is 0 Å². The molecule has 1 heterocycles. The normalized spacial score (nSPS) is 16.7. The van der Waals surface area contributed by atoms with Crippen LogP contribution in [0.1, 0.15) is 25.0 Å². The van der Waals surface area contributed by atoms with Crippen molar-refractivity contribution in [1.29, 1.82) is 0 Å². The van der Waals surface area contributed by atoms with Gasteiger partial charge in [-0.1, -0.05) is 60.3 Å². The van der Waals surface area contributed by atoms with Crippen molar-refractivity contribution in [2.75, 3.05) is 12.9 Å². The van der Waals surface area contributed by atoms with Gasteiger partial charge in [-0.2, -0.15) is 0 Å². The van der Waals surface area contributed by atoms with Gasteiger partial charge in [-0.3, -0.25) is 0 Å². The monoisotopic (exact) mass is 364 g/mol. The number of aliphatic imine (C=N–C) groups is 1. The Morgan fingerprint density at radius 2 is 1.69 bits per heavy atom. The molecule has 0 amide bonds. The van der Waals surface area contributed by atoms with Crippen LogP contribution in [0.5, 0.6) is 0 Å². The molecule has 0 saturated carbocycles. The standard InChI is InChI=1S/C21H20N2O2S/c1-4-25-19(24)18-13(2)22-20(26-3)23-21(18)16-11-7-5-9-14(16)15-10-6-8-12-17(15)21/h5-12H,4H2,1-3H3,(H,22,23). The van der Waals surface area contributed by atoms with E-state index in [1.54, 1.807) is 0 Å². The Kier molecular flexibility index (Phi) is 4.11. The summed E-state index contributed by atoms with van der Waals surface area (Å²) < 4.78 is 5.42. The predicted octanol–water partition coefficient (Wildman–Crippen LogP) is 4.07. The third-order valence-corrected chi connectivity index (χ3v) is 5.48. The van der Waals surface area contributed by atoms with Gasteiger partial charge in [-0.05, 0) is 42.4 Å². The second-order valence-electron chi connectivity index (χ2n) is 6.27. The molecular weight excluding hydrogens is 344 g/mol. The lowest BCUT2D eigenvalue weighted by atomic mass is 9.79.